The topological polar surface area (TPSA) is 66.8 Å². The van der Waals surface area contributed by atoms with E-state index in [0.29, 0.717) is 19.6 Å². The van der Waals surface area contributed by atoms with Gasteiger partial charge in [-0.2, -0.15) is 4.31 Å². The van der Waals surface area contributed by atoms with Gasteiger partial charge < -0.3 is 9.84 Å². The highest BCUT2D eigenvalue weighted by Gasteiger charge is 2.20. The first-order chi connectivity index (χ1) is 9.87. The van der Waals surface area contributed by atoms with Crippen molar-refractivity contribution in [2.45, 2.75) is 37.7 Å². The summed E-state index contributed by atoms with van der Waals surface area (Å²) in [5.41, 5.74) is 1.02. The Morgan fingerprint density at radius 3 is 2.38 bits per heavy atom. The number of aryl methyl sites for hydroxylation is 1. The van der Waals surface area contributed by atoms with Crippen LogP contribution < -0.4 is 0 Å². The predicted octanol–water partition coefficient (Wildman–Crippen LogP) is 1.66. The lowest BCUT2D eigenvalue weighted by Gasteiger charge is -2.18. The number of sulfonamides is 1. The summed E-state index contributed by atoms with van der Waals surface area (Å²) in [5.74, 6) is 0. The summed E-state index contributed by atoms with van der Waals surface area (Å²) < 4.78 is 31.4. The number of rotatable bonds is 9. The molecule has 5 nitrogen and oxygen atoms in total. The molecule has 0 saturated heterocycles. The molecule has 0 radical (unpaired) electrons. The Labute approximate surface area is 127 Å². The fraction of sp³-hybridized carbons (Fsp3) is 0.600. The van der Waals surface area contributed by atoms with Gasteiger partial charge in [0.2, 0.25) is 10.0 Å². The van der Waals surface area contributed by atoms with Gasteiger partial charge in [-0.1, -0.05) is 12.1 Å². The Morgan fingerprint density at radius 1 is 1.24 bits per heavy atom. The van der Waals surface area contributed by atoms with Gasteiger partial charge in [0.15, 0.2) is 0 Å². The average Bonchev–Trinajstić information content (AvgIpc) is 2.45. The SMILES string of the molecule is CC(C)OCCN(C)S(=O)(=O)c1ccc(CCCO)cc1. The summed E-state index contributed by atoms with van der Waals surface area (Å²) in [6.45, 7) is 4.67. The minimum Gasteiger partial charge on any atom is -0.396 e. The van der Waals surface area contributed by atoms with Crippen LogP contribution in [0.2, 0.25) is 0 Å². The molecule has 0 saturated carbocycles. The number of hydrogen-bond acceptors (Lipinski definition) is 4. The van der Waals surface area contributed by atoms with Gasteiger partial charge in [-0.15, -0.1) is 0 Å². The zero-order valence-corrected chi connectivity index (χ0v) is 13.8. The zero-order chi connectivity index (χ0) is 15.9. The van der Waals surface area contributed by atoms with Crippen molar-refractivity contribution < 1.29 is 18.3 Å². The Balaban J connectivity index is 2.68. The van der Waals surface area contributed by atoms with Crippen molar-refractivity contribution in [2.24, 2.45) is 0 Å². The van der Waals surface area contributed by atoms with Crippen LogP contribution in [0.4, 0.5) is 0 Å². The lowest BCUT2D eigenvalue weighted by molar-refractivity contribution is 0.0737. The van der Waals surface area contributed by atoms with Gasteiger partial charge in [0.25, 0.3) is 0 Å². The van der Waals surface area contributed by atoms with Crippen molar-refractivity contribution in [1.29, 1.82) is 0 Å². The van der Waals surface area contributed by atoms with Crippen LogP contribution in [0.3, 0.4) is 0 Å². The molecule has 0 spiro atoms. The van der Waals surface area contributed by atoms with Crippen molar-refractivity contribution >= 4 is 10.0 Å². The highest BCUT2D eigenvalue weighted by Crippen LogP contribution is 2.15. The molecular formula is C15H25NO4S. The Bertz CT molecular complexity index is 511. The van der Waals surface area contributed by atoms with Gasteiger partial charge in [0, 0.05) is 20.2 Å². The summed E-state index contributed by atoms with van der Waals surface area (Å²) >= 11 is 0. The monoisotopic (exact) mass is 315 g/mol. The smallest absolute Gasteiger partial charge is 0.242 e. The molecule has 21 heavy (non-hydrogen) atoms. The van der Waals surface area contributed by atoms with E-state index in [1.165, 1.54) is 4.31 Å². The minimum atomic E-state index is -3.47. The molecule has 0 aliphatic carbocycles. The van der Waals surface area contributed by atoms with Crippen molar-refractivity contribution in [2.75, 3.05) is 26.8 Å². The Morgan fingerprint density at radius 2 is 1.86 bits per heavy atom. The Hall–Kier alpha value is -0.950. The third-order valence-corrected chi connectivity index (χ3v) is 4.98. The van der Waals surface area contributed by atoms with E-state index in [2.05, 4.69) is 0 Å². The van der Waals surface area contributed by atoms with E-state index in [1.54, 1.807) is 31.3 Å². The molecule has 0 aliphatic heterocycles. The molecule has 0 heterocycles. The number of likely N-dealkylation sites (N-methyl/N-ethyl adjacent to an activating group) is 1. The molecular weight excluding hydrogens is 290 g/mol. The maximum absolute atomic E-state index is 12.4. The summed E-state index contributed by atoms with van der Waals surface area (Å²) in [6, 6.07) is 6.81. The molecule has 1 aromatic carbocycles. The highest BCUT2D eigenvalue weighted by atomic mass is 32.2. The maximum atomic E-state index is 12.4. The van der Waals surface area contributed by atoms with E-state index >= 15 is 0 Å². The van der Waals surface area contributed by atoms with Gasteiger partial charge in [-0.25, -0.2) is 8.42 Å². The number of ether oxygens (including phenoxy) is 1. The molecule has 6 heteroatoms. The van der Waals surface area contributed by atoms with E-state index in [-0.39, 0.29) is 17.6 Å². The van der Waals surface area contributed by atoms with Gasteiger partial charge in [0.05, 0.1) is 17.6 Å². The quantitative estimate of drug-likeness (QED) is 0.752. The van der Waals surface area contributed by atoms with Crippen molar-refractivity contribution in [3.05, 3.63) is 29.8 Å². The molecule has 0 aromatic heterocycles. The molecule has 0 amide bonds. The minimum absolute atomic E-state index is 0.0897. The summed E-state index contributed by atoms with van der Waals surface area (Å²) in [5, 5.41) is 8.79. The molecule has 120 valence electrons. The van der Waals surface area contributed by atoms with Gasteiger partial charge in [-0.05, 0) is 44.4 Å². The van der Waals surface area contributed by atoms with Crippen molar-refractivity contribution in [3.63, 3.8) is 0 Å². The molecule has 1 N–H and O–H groups in total. The first-order valence-corrected chi connectivity index (χ1v) is 8.59. The zero-order valence-electron chi connectivity index (χ0n) is 12.9. The summed E-state index contributed by atoms with van der Waals surface area (Å²) in [6.07, 6.45) is 1.51. The molecule has 0 bridgehead atoms. The van der Waals surface area contributed by atoms with Gasteiger partial charge in [-0.3, -0.25) is 0 Å². The van der Waals surface area contributed by atoms with Crippen LogP contribution in [0.5, 0.6) is 0 Å². The van der Waals surface area contributed by atoms with Crippen molar-refractivity contribution in [3.8, 4) is 0 Å². The van der Waals surface area contributed by atoms with Crippen molar-refractivity contribution in [1.82, 2.24) is 4.31 Å². The largest absolute Gasteiger partial charge is 0.396 e. The molecule has 1 aromatic rings. The summed E-state index contributed by atoms with van der Waals surface area (Å²) in [4.78, 5) is 0.280. The number of hydrogen-bond donors (Lipinski definition) is 1. The number of nitrogens with zero attached hydrogens (tertiary/aromatic N) is 1. The van der Waals surface area contributed by atoms with Gasteiger partial charge >= 0.3 is 0 Å². The number of aliphatic hydroxyl groups excluding tert-OH is 1. The highest BCUT2D eigenvalue weighted by molar-refractivity contribution is 7.89. The van der Waals surface area contributed by atoms with Crippen LogP contribution >= 0.6 is 0 Å². The van der Waals surface area contributed by atoms with Crippen LogP contribution in [-0.4, -0.2) is 50.7 Å². The number of benzene rings is 1. The lowest BCUT2D eigenvalue weighted by Crippen LogP contribution is -2.30. The predicted molar refractivity (Wildman–Crippen MR) is 82.8 cm³/mol. The van der Waals surface area contributed by atoms with Crippen LogP contribution in [0.25, 0.3) is 0 Å². The molecule has 1 rings (SSSR count). The lowest BCUT2D eigenvalue weighted by atomic mass is 10.1. The first-order valence-electron chi connectivity index (χ1n) is 7.15. The summed E-state index contributed by atoms with van der Waals surface area (Å²) in [7, 11) is -1.92. The second kappa shape index (κ2) is 8.48. The van der Waals surface area contributed by atoms with E-state index < -0.39 is 10.0 Å². The van der Waals surface area contributed by atoms with Crippen LogP contribution in [-0.2, 0) is 21.2 Å². The van der Waals surface area contributed by atoms with E-state index in [4.69, 9.17) is 9.84 Å². The fourth-order valence-electron chi connectivity index (χ4n) is 1.83. The average molecular weight is 315 g/mol. The third-order valence-electron chi connectivity index (χ3n) is 3.11. The fourth-order valence-corrected chi connectivity index (χ4v) is 2.98. The molecule has 0 atom stereocenters. The van der Waals surface area contributed by atoms with Crippen LogP contribution in [0.1, 0.15) is 25.8 Å². The second-order valence-electron chi connectivity index (χ2n) is 5.22. The normalized spacial score (nSPS) is 12.3. The second-order valence-corrected chi connectivity index (χ2v) is 7.26. The van der Waals surface area contributed by atoms with Crippen LogP contribution in [0.15, 0.2) is 29.2 Å². The third kappa shape index (κ3) is 5.74. The standard InChI is InChI=1S/C15H25NO4S/c1-13(2)20-12-10-16(3)21(18,19)15-8-6-14(7-9-15)5-4-11-17/h6-9,13,17H,4-5,10-12H2,1-3H3. The molecule has 0 aliphatic rings. The van der Waals surface area contributed by atoms with E-state index in [1.807, 2.05) is 13.8 Å². The van der Waals surface area contributed by atoms with E-state index in [9.17, 15) is 8.42 Å². The van der Waals surface area contributed by atoms with E-state index in [0.717, 1.165) is 12.0 Å². The van der Waals surface area contributed by atoms with Crippen LogP contribution in [0, 0.1) is 0 Å². The van der Waals surface area contributed by atoms with Gasteiger partial charge in [0.1, 0.15) is 0 Å². The number of aliphatic hydroxyl groups is 1. The first kappa shape index (κ1) is 18.1. The molecule has 0 unspecified atom stereocenters. The molecule has 0 fully saturated rings. The Kier molecular flexibility index (Phi) is 7.31. The maximum Gasteiger partial charge on any atom is 0.242 e.